The van der Waals surface area contributed by atoms with E-state index in [0.29, 0.717) is 0 Å². The van der Waals surface area contributed by atoms with Crippen LogP contribution in [-0.4, -0.2) is 41.7 Å². The molecule has 2 aliphatic rings. The first kappa shape index (κ1) is 6.96. The Bertz CT molecular complexity index is 307. The second-order valence-electron chi connectivity index (χ2n) is 2.42. The first-order valence-corrected chi connectivity index (χ1v) is 3.39. The van der Waals surface area contributed by atoms with Crippen molar-refractivity contribution in [1.82, 2.24) is 5.32 Å². The number of carbonyl (C=O) groups is 1. The van der Waals surface area contributed by atoms with Crippen molar-refractivity contribution in [1.29, 1.82) is 0 Å². The minimum atomic E-state index is -1.03. The lowest BCUT2D eigenvalue weighted by Crippen LogP contribution is -2.44. The van der Waals surface area contributed by atoms with E-state index < -0.39 is 12.0 Å². The van der Waals surface area contributed by atoms with Crippen LogP contribution < -0.4 is 5.32 Å². The van der Waals surface area contributed by atoms with Crippen molar-refractivity contribution in [2.24, 2.45) is 15.0 Å². The molecule has 0 saturated heterocycles. The highest BCUT2D eigenvalue weighted by atomic mass is 16.4. The summed E-state index contributed by atoms with van der Waals surface area (Å²) in [6, 6.07) is -0.396. The Hall–Kier alpha value is -1.72. The fourth-order valence-corrected chi connectivity index (χ4v) is 1.15. The zero-order valence-electron chi connectivity index (χ0n) is 6.01. The van der Waals surface area contributed by atoms with Gasteiger partial charge in [-0.15, -0.1) is 0 Å². The fraction of sp³-hybridized carbons (Fsp3) is 0.333. The molecule has 6 nitrogen and oxygen atoms in total. The number of carboxylic acid groups (broad SMARTS) is 1. The highest BCUT2D eigenvalue weighted by molar-refractivity contribution is 6.39. The van der Waals surface area contributed by atoms with Gasteiger partial charge in [0.05, 0.1) is 6.34 Å². The van der Waals surface area contributed by atoms with Gasteiger partial charge in [0, 0.05) is 0 Å². The summed E-state index contributed by atoms with van der Waals surface area (Å²) in [7, 11) is 0. The summed E-state index contributed by atoms with van der Waals surface area (Å²) < 4.78 is 0. The molecule has 0 bridgehead atoms. The van der Waals surface area contributed by atoms with Crippen LogP contribution in [0.25, 0.3) is 0 Å². The second kappa shape index (κ2) is 2.40. The van der Waals surface area contributed by atoms with Crippen molar-refractivity contribution in [3.05, 3.63) is 0 Å². The first-order chi connectivity index (χ1) is 5.79. The molecular weight excluding hydrogens is 160 g/mol. The summed E-state index contributed by atoms with van der Waals surface area (Å²) in [5.74, 6) is -1.03. The van der Waals surface area contributed by atoms with Crippen LogP contribution in [0.3, 0.4) is 0 Å². The van der Waals surface area contributed by atoms with Gasteiger partial charge in [0.25, 0.3) is 0 Å². The highest BCUT2D eigenvalue weighted by Crippen LogP contribution is 2.10. The van der Waals surface area contributed by atoms with Crippen LogP contribution in [0, 0.1) is 0 Å². The molecule has 2 N–H and O–H groups in total. The topological polar surface area (TPSA) is 86.4 Å². The van der Waals surface area contributed by atoms with Crippen molar-refractivity contribution in [3.8, 4) is 0 Å². The van der Waals surface area contributed by atoms with E-state index in [1.807, 2.05) is 0 Å². The van der Waals surface area contributed by atoms with E-state index in [1.165, 1.54) is 12.7 Å². The molecule has 0 saturated carbocycles. The number of hydrogen-bond donors (Lipinski definition) is 2. The molecule has 2 aliphatic heterocycles. The number of rotatable bonds is 1. The molecule has 12 heavy (non-hydrogen) atoms. The van der Waals surface area contributed by atoms with Crippen molar-refractivity contribution < 1.29 is 9.90 Å². The lowest BCUT2D eigenvalue weighted by molar-refractivity contribution is -0.129. The van der Waals surface area contributed by atoms with E-state index in [0.717, 1.165) is 0 Å². The number of carboxylic acids is 1. The zero-order valence-corrected chi connectivity index (χ0v) is 6.01. The third kappa shape index (κ3) is 0.884. The molecule has 2 rings (SSSR count). The van der Waals surface area contributed by atoms with Crippen molar-refractivity contribution >= 4 is 24.4 Å². The standard InChI is InChI=1S/C6H6N4O2/c11-6(12)4-3-5(9-1-7-3)10-2-8-4/h1-3,5H,(H,7,9)(H,11,12). The fourth-order valence-electron chi connectivity index (χ4n) is 1.15. The van der Waals surface area contributed by atoms with Crippen LogP contribution in [-0.2, 0) is 4.79 Å². The molecule has 6 heteroatoms. The van der Waals surface area contributed by atoms with Gasteiger partial charge in [-0.1, -0.05) is 0 Å². The number of nitrogens with one attached hydrogen (secondary N) is 1. The van der Waals surface area contributed by atoms with Crippen molar-refractivity contribution in [3.63, 3.8) is 0 Å². The normalized spacial score (nSPS) is 30.8. The molecule has 0 aromatic rings. The van der Waals surface area contributed by atoms with Gasteiger partial charge >= 0.3 is 5.97 Å². The van der Waals surface area contributed by atoms with Crippen LogP contribution in [0.1, 0.15) is 0 Å². The molecule has 0 fully saturated rings. The van der Waals surface area contributed by atoms with Crippen LogP contribution in [0.2, 0.25) is 0 Å². The Morgan fingerprint density at radius 1 is 1.58 bits per heavy atom. The summed E-state index contributed by atoms with van der Waals surface area (Å²) >= 11 is 0. The molecule has 0 aliphatic carbocycles. The summed E-state index contributed by atoms with van der Waals surface area (Å²) in [6.45, 7) is 0. The molecular formula is C6H6N4O2. The SMILES string of the molecule is O=C(O)C1=NC=NC2N=CNC12. The predicted octanol–water partition coefficient (Wildman–Crippen LogP) is -1.12. The molecule has 0 spiro atoms. The van der Waals surface area contributed by atoms with Gasteiger partial charge < -0.3 is 10.4 Å². The highest BCUT2D eigenvalue weighted by Gasteiger charge is 2.33. The number of nitrogens with zero attached hydrogens (tertiary/aromatic N) is 3. The molecule has 62 valence electrons. The Kier molecular flexibility index (Phi) is 1.39. The van der Waals surface area contributed by atoms with Crippen LogP contribution in [0.15, 0.2) is 15.0 Å². The van der Waals surface area contributed by atoms with E-state index in [1.54, 1.807) is 0 Å². The van der Waals surface area contributed by atoms with Crippen molar-refractivity contribution in [2.75, 3.05) is 0 Å². The lowest BCUT2D eigenvalue weighted by Gasteiger charge is -2.16. The Labute approximate surface area is 67.7 Å². The van der Waals surface area contributed by atoms with Gasteiger partial charge in [0.1, 0.15) is 12.4 Å². The summed E-state index contributed by atoms with van der Waals surface area (Å²) in [6.07, 6.45) is 2.33. The van der Waals surface area contributed by atoms with E-state index in [4.69, 9.17) is 5.11 Å². The summed E-state index contributed by atoms with van der Waals surface area (Å²) in [4.78, 5) is 22.1. The van der Waals surface area contributed by atoms with Gasteiger partial charge in [0.2, 0.25) is 0 Å². The first-order valence-electron chi connectivity index (χ1n) is 3.39. The van der Waals surface area contributed by atoms with Gasteiger partial charge in [0.15, 0.2) is 11.9 Å². The smallest absolute Gasteiger partial charge is 0.352 e. The molecule has 0 amide bonds. The minimum Gasteiger partial charge on any atom is -0.477 e. The molecule has 2 heterocycles. The average Bonchev–Trinajstić information content (AvgIpc) is 2.49. The van der Waals surface area contributed by atoms with Gasteiger partial charge in [-0.2, -0.15) is 0 Å². The number of aliphatic imine (C=N–C) groups is 3. The third-order valence-corrected chi connectivity index (χ3v) is 1.71. The van der Waals surface area contributed by atoms with Crippen LogP contribution in [0.5, 0.6) is 0 Å². The Balaban J connectivity index is 2.30. The molecule has 0 aromatic heterocycles. The van der Waals surface area contributed by atoms with Gasteiger partial charge in [-0.3, -0.25) is 0 Å². The Morgan fingerprint density at radius 3 is 3.17 bits per heavy atom. The van der Waals surface area contributed by atoms with E-state index >= 15 is 0 Å². The maximum atomic E-state index is 10.6. The third-order valence-electron chi connectivity index (χ3n) is 1.71. The zero-order chi connectivity index (χ0) is 8.55. The Morgan fingerprint density at radius 2 is 2.42 bits per heavy atom. The predicted molar refractivity (Wildman–Crippen MR) is 42.8 cm³/mol. The minimum absolute atomic E-state index is 0.0625. The van der Waals surface area contributed by atoms with Crippen molar-refractivity contribution in [2.45, 2.75) is 12.2 Å². The maximum Gasteiger partial charge on any atom is 0.352 e. The average molecular weight is 166 g/mol. The van der Waals surface area contributed by atoms with Gasteiger partial charge in [-0.05, 0) is 0 Å². The number of fused-ring (bicyclic) bond motifs is 1. The van der Waals surface area contributed by atoms with E-state index in [-0.39, 0.29) is 11.9 Å². The van der Waals surface area contributed by atoms with Crippen LogP contribution in [0.4, 0.5) is 0 Å². The van der Waals surface area contributed by atoms with E-state index in [9.17, 15) is 4.79 Å². The van der Waals surface area contributed by atoms with Gasteiger partial charge in [-0.25, -0.2) is 19.8 Å². The number of aliphatic carboxylic acids is 1. The maximum absolute atomic E-state index is 10.6. The molecule has 2 unspecified atom stereocenters. The second-order valence-corrected chi connectivity index (χ2v) is 2.42. The quantitative estimate of drug-likeness (QED) is 0.517. The molecule has 0 aromatic carbocycles. The largest absolute Gasteiger partial charge is 0.477 e. The van der Waals surface area contributed by atoms with Crippen LogP contribution >= 0.6 is 0 Å². The molecule has 0 radical (unpaired) electrons. The van der Waals surface area contributed by atoms with E-state index in [2.05, 4.69) is 20.3 Å². The summed E-state index contributed by atoms with van der Waals surface area (Å²) in [5.41, 5.74) is 0.0625. The number of hydrogen-bond acceptors (Lipinski definition) is 5. The monoisotopic (exact) mass is 166 g/mol. The summed E-state index contributed by atoms with van der Waals surface area (Å²) in [5, 5.41) is 11.5. The lowest BCUT2D eigenvalue weighted by atomic mass is 10.1. The molecule has 2 atom stereocenters.